The van der Waals surface area contributed by atoms with E-state index in [1.54, 1.807) is 12.3 Å². The zero-order valence-electron chi connectivity index (χ0n) is 22.1. The number of anilines is 2. The summed E-state index contributed by atoms with van der Waals surface area (Å²) in [5.41, 5.74) is 2.39. The Hall–Kier alpha value is -1.78. The van der Waals surface area contributed by atoms with Crippen LogP contribution in [0.4, 0.5) is 15.9 Å². The molecule has 1 aliphatic rings. The van der Waals surface area contributed by atoms with Crippen molar-refractivity contribution in [3.05, 3.63) is 75.4 Å². The van der Waals surface area contributed by atoms with Crippen LogP contribution >= 0.6 is 51.6 Å². The number of pyridine rings is 2. The average molecular weight is 703 g/mol. The number of rotatable bonds is 11. The summed E-state index contributed by atoms with van der Waals surface area (Å²) in [6.07, 6.45) is 4.51. The van der Waals surface area contributed by atoms with E-state index >= 15 is 4.39 Å². The van der Waals surface area contributed by atoms with Gasteiger partial charge in [0.25, 0.3) is 0 Å². The minimum atomic E-state index is -0.462. The molecule has 12 heteroatoms. The van der Waals surface area contributed by atoms with E-state index in [0.717, 1.165) is 12.2 Å². The van der Waals surface area contributed by atoms with Gasteiger partial charge in [0.1, 0.15) is 11.9 Å². The first-order valence-corrected chi connectivity index (χ1v) is 17.3. The van der Waals surface area contributed by atoms with Gasteiger partial charge in [-0.15, -0.1) is 0 Å². The van der Waals surface area contributed by atoms with Gasteiger partial charge in [0.2, 0.25) is 0 Å². The second kappa shape index (κ2) is 12.8. The Morgan fingerprint density at radius 3 is 2.51 bits per heavy atom. The molecular weight excluding hydrogens is 672 g/mol. The van der Waals surface area contributed by atoms with Crippen LogP contribution in [-0.4, -0.2) is 40.9 Å². The van der Waals surface area contributed by atoms with E-state index in [2.05, 4.69) is 63.2 Å². The van der Waals surface area contributed by atoms with Crippen molar-refractivity contribution in [1.82, 2.24) is 15.3 Å². The van der Waals surface area contributed by atoms with Crippen LogP contribution in [0.3, 0.4) is 0 Å². The number of halogens is 4. The molecule has 0 saturated carbocycles. The molecule has 1 aliphatic heterocycles. The van der Waals surface area contributed by atoms with Gasteiger partial charge in [-0.1, -0.05) is 37.0 Å². The van der Waals surface area contributed by atoms with Crippen molar-refractivity contribution >= 4 is 68.8 Å². The third-order valence-corrected chi connectivity index (χ3v) is 8.25. The second-order valence-corrected chi connectivity index (χ2v) is 13.2. The maximum Gasteiger partial charge on any atom is 0.166 e. The van der Waals surface area contributed by atoms with Crippen molar-refractivity contribution < 1.29 is 9.13 Å². The van der Waals surface area contributed by atoms with Gasteiger partial charge in [0.05, 0.1) is 21.3 Å². The Morgan fingerprint density at radius 2 is 1.90 bits per heavy atom. The number of aromatic nitrogens is 2. The van der Waals surface area contributed by atoms with Crippen LogP contribution in [0.15, 0.2) is 42.9 Å². The van der Waals surface area contributed by atoms with Gasteiger partial charge in [-0.3, -0.25) is 10.4 Å². The molecule has 0 aliphatic carbocycles. The summed E-state index contributed by atoms with van der Waals surface area (Å²) in [5, 5.41) is 16.6. The molecule has 39 heavy (non-hydrogen) atoms. The zero-order chi connectivity index (χ0) is 28.3. The monoisotopic (exact) mass is 702 g/mol. The molecule has 4 rings (SSSR count). The Balaban J connectivity index is 1.54. The number of hydrogen-bond donors (Lipinski definition) is 3. The first-order valence-electron chi connectivity index (χ1n) is 12.5. The fourth-order valence-corrected chi connectivity index (χ4v) is 6.36. The van der Waals surface area contributed by atoms with E-state index in [1.165, 1.54) is 18.5 Å². The van der Waals surface area contributed by atoms with E-state index in [1.807, 2.05) is 24.0 Å². The SMILES string of the molecule is CC(C)CNC1(C)CN(c2ncc(C(=N)c3cc(O[C@H](C)c4c(Cl)cncc4Cl)ccc3NPI)cc2F)C1. The summed E-state index contributed by atoms with van der Waals surface area (Å²) < 4.78 is 21.4. The second-order valence-electron chi connectivity index (χ2n) is 10.3. The summed E-state index contributed by atoms with van der Waals surface area (Å²) in [5.74, 6) is 0.921. The predicted octanol–water partition coefficient (Wildman–Crippen LogP) is 7.66. The molecular formula is C27H31Cl2FIN6OP. The number of benzene rings is 1. The van der Waals surface area contributed by atoms with Crippen LogP contribution in [0, 0.1) is 17.1 Å². The molecule has 1 fully saturated rings. The lowest BCUT2D eigenvalue weighted by molar-refractivity contribution is 0.227. The Morgan fingerprint density at radius 1 is 1.21 bits per heavy atom. The van der Waals surface area contributed by atoms with Crippen LogP contribution in [0.1, 0.15) is 50.5 Å². The summed E-state index contributed by atoms with van der Waals surface area (Å²) in [6.45, 7) is 10.6. The smallest absolute Gasteiger partial charge is 0.166 e. The average Bonchev–Trinajstić information content (AvgIpc) is 2.86. The van der Waals surface area contributed by atoms with E-state index in [9.17, 15) is 0 Å². The van der Waals surface area contributed by atoms with Gasteiger partial charge in [-0.2, -0.15) is 0 Å². The quantitative estimate of drug-likeness (QED) is 0.108. The van der Waals surface area contributed by atoms with Crippen molar-refractivity contribution in [2.45, 2.75) is 39.3 Å². The lowest BCUT2D eigenvalue weighted by Crippen LogP contribution is -2.68. The Bertz CT molecular complexity index is 1340. The third-order valence-electron chi connectivity index (χ3n) is 6.48. The molecule has 1 unspecified atom stereocenters. The molecule has 7 nitrogen and oxygen atoms in total. The molecule has 2 aromatic heterocycles. The summed E-state index contributed by atoms with van der Waals surface area (Å²) in [4.78, 5) is 10.3. The highest BCUT2D eigenvalue weighted by atomic mass is 127. The van der Waals surface area contributed by atoms with E-state index in [0.29, 0.717) is 63.7 Å². The molecule has 208 valence electrons. The van der Waals surface area contributed by atoms with E-state index in [-0.39, 0.29) is 11.3 Å². The molecule has 0 spiro atoms. The molecule has 3 aromatic rings. The molecule has 1 saturated heterocycles. The molecule has 1 aromatic carbocycles. The minimum absolute atomic E-state index is 0.0626. The Kier molecular flexibility index (Phi) is 9.92. The van der Waals surface area contributed by atoms with Crippen molar-refractivity contribution in [3.8, 4) is 5.75 Å². The Labute approximate surface area is 253 Å². The van der Waals surface area contributed by atoms with Crippen molar-refractivity contribution in [2.75, 3.05) is 29.6 Å². The number of nitrogens with zero attached hydrogens (tertiary/aromatic N) is 3. The fourth-order valence-electron chi connectivity index (χ4n) is 4.50. The highest BCUT2D eigenvalue weighted by Gasteiger charge is 2.40. The normalized spacial score (nSPS) is 15.5. The highest BCUT2D eigenvalue weighted by molar-refractivity contribution is 14.2. The number of ether oxygens (including phenoxy) is 1. The summed E-state index contributed by atoms with van der Waals surface area (Å²) in [6, 6.07) is 6.79. The van der Waals surface area contributed by atoms with Crippen LogP contribution < -0.4 is 20.0 Å². The minimum Gasteiger partial charge on any atom is -0.486 e. The molecule has 3 N–H and O–H groups in total. The van der Waals surface area contributed by atoms with Gasteiger partial charge >= 0.3 is 0 Å². The summed E-state index contributed by atoms with van der Waals surface area (Å²) in [7, 11) is 0. The predicted molar refractivity (Wildman–Crippen MR) is 169 cm³/mol. The van der Waals surface area contributed by atoms with Gasteiger partial charge in [-0.25, -0.2) is 9.37 Å². The van der Waals surface area contributed by atoms with Crippen LogP contribution in [0.25, 0.3) is 0 Å². The lowest BCUT2D eigenvalue weighted by Gasteiger charge is -2.49. The molecule has 3 heterocycles. The van der Waals surface area contributed by atoms with E-state index < -0.39 is 11.9 Å². The van der Waals surface area contributed by atoms with Crippen molar-refractivity contribution in [2.24, 2.45) is 5.92 Å². The van der Waals surface area contributed by atoms with Gasteiger partial charge < -0.3 is 20.0 Å². The first kappa shape index (κ1) is 30.2. The largest absolute Gasteiger partial charge is 0.486 e. The van der Waals surface area contributed by atoms with Gasteiger partial charge in [-0.05, 0) is 72.6 Å². The van der Waals surface area contributed by atoms with Crippen LogP contribution in [0.5, 0.6) is 5.75 Å². The number of nitrogens with one attached hydrogen (secondary N) is 3. The standard InChI is InChI=1S/C27H31Cl2FIN6OP/c1-15(2)9-35-27(4)13-37(14-27)26-22(30)7-17(10-34-26)25(32)19-8-18(5-6-23(19)36-39-31)38-16(3)24-20(28)11-33-12-21(24)29/h5-8,10-12,15-16,32,35-36,39H,9,13-14H2,1-4H3/t16-/m1/s1. The third kappa shape index (κ3) is 7.11. The lowest BCUT2D eigenvalue weighted by atomic mass is 9.91. The fraction of sp³-hybridized carbons (Fsp3) is 0.370. The van der Waals surface area contributed by atoms with Crippen LogP contribution in [-0.2, 0) is 0 Å². The van der Waals surface area contributed by atoms with Crippen molar-refractivity contribution in [3.63, 3.8) is 0 Å². The maximum absolute atomic E-state index is 15.2. The van der Waals surface area contributed by atoms with Crippen molar-refractivity contribution in [1.29, 1.82) is 5.41 Å². The van der Waals surface area contributed by atoms with Crippen LogP contribution in [0.2, 0.25) is 10.0 Å². The van der Waals surface area contributed by atoms with E-state index in [4.69, 9.17) is 33.3 Å². The molecule has 0 bridgehead atoms. The zero-order valence-corrected chi connectivity index (χ0v) is 26.7. The maximum atomic E-state index is 15.2. The molecule has 0 radical (unpaired) electrons. The number of hydrogen-bond acceptors (Lipinski definition) is 7. The van der Waals surface area contributed by atoms with Gasteiger partial charge in [0, 0.05) is 60.4 Å². The van der Waals surface area contributed by atoms with Gasteiger partial charge in [0.15, 0.2) is 11.6 Å². The highest BCUT2D eigenvalue weighted by Crippen LogP contribution is 2.36. The topological polar surface area (TPSA) is 86.2 Å². The summed E-state index contributed by atoms with van der Waals surface area (Å²) >= 11 is 14.8. The molecule has 2 atom stereocenters. The first-order chi connectivity index (χ1) is 18.5. The molecule has 0 amide bonds.